The zero-order valence-corrected chi connectivity index (χ0v) is 16.0. The number of rotatable bonds is 6. The van der Waals surface area contributed by atoms with Gasteiger partial charge in [-0.3, -0.25) is 4.79 Å². The topological polar surface area (TPSA) is 23.6 Å². The van der Waals surface area contributed by atoms with E-state index < -0.39 is 0 Å². The molecule has 1 saturated heterocycles. The van der Waals surface area contributed by atoms with Crippen LogP contribution in [0.4, 0.5) is 0 Å². The lowest BCUT2D eigenvalue weighted by atomic mass is 10.0. The summed E-state index contributed by atoms with van der Waals surface area (Å²) in [4.78, 5) is 17.3. The van der Waals surface area contributed by atoms with Crippen molar-refractivity contribution in [2.75, 3.05) is 26.7 Å². The van der Waals surface area contributed by atoms with Gasteiger partial charge in [0.2, 0.25) is 5.91 Å². The Morgan fingerprint density at radius 3 is 2.46 bits per heavy atom. The van der Waals surface area contributed by atoms with Crippen molar-refractivity contribution in [3.05, 3.63) is 71.3 Å². The Hall–Kier alpha value is -2.13. The third kappa shape index (κ3) is 4.95. The summed E-state index contributed by atoms with van der Waals surface area (Å²) in [5.74, 6) is 0.302. The SMILES string of the molecule is Cc1ccc(CCCCC(=O)N2CCN(C)CC2c2ccccc2)cc1. The molecule has 26 heavy (non-hydrogen) atoms. The Kier molecular flexibility index (Phi) is 6.45. The van der Waals surface area contributed by atoms with Crippen LogP contribution in [0, 0.1) is 6.92 Å². The summed E-state index contributed by atoms with van der Waals surface area (Å²) in [5, 5.41) is 0. The third-order valence-electron chi connectivity index (χ3n) is 5.31. The van der Waals surface area contributed by atoms with Crippen molar-refractivity contribution >= 4 is 5.91 Å². The van der Waals surface area contributed by atoms with Crippen molar-refractivity contribution < 1.29 is 4.79 Å². The van der Waals surface area contributed by atoms with Gasteiger partial charge in [0.15, 0.2) is 0 Å². The Labute approximate surface area is 157 Å². The minimum atomic E-state index is 0.180. The highest BCUT2D eigenvalue weighted by Gasteiger charge is 2.29. The van der Waals surface area contributed by atoms with Crippen LogP contribution in [0.1, 0.15) is 42.0 Å². The molecular formula is C23H30N2O. The predicted molar refractivity (Wildman–Crippen MR) is 107 cm³/mol. The summed E-state index contributed by atoms with van der Waals surface area (Å²) >= 11 is 0. The molecule has 0 bridgehead atoms. The fourth-order valence-corrected chi connectivity index (χ4v) is 3.68. The Bertz CT molecular complexity index is 696. The summed E-state index contributed by atoms with van der Waals surface area (Å²) in [6.07, 6.45) is 3.73. The zero-order valence-electron chi connectivity index (χ0n) is 16.0. The minimum absolute atomic E-state index is 0.180. The summed E-state index contributed by atoms with van der Waals surface area (Å²) in [6, 6.07) is 19.3. The van der Waals surface area contributed by atoms with Gasteiger partial charge in [-0.15, -0.1) is 0 Å². The zero-order chi connectivity index (χ0) is 18.4. The molecule has 3 rings (SSSR count). The molecule has 1 heterocycles. The second-order valence-electron chi connectivity index (χ2n) is 7.47. The molecule has 2 aromatic rings. The number of aryl methyl sites for hydroxylation is 2. The van der Waals surface area contributed by atoms with Crippen LogP contribution in [0.3, 0.4) is 0 Å². The van der Waals surface area contributed by atoms with Crippen LogP contribution in [-0.4, -0.2) is 42.4 Å². The molecule has 0 N–H and O–H groups in total. The maximum absolute atomic E-state index is 12.9. The van der Waals surface area contributed by atoms with E-state index in [4.69, 9.17) is 0 Å². The number of carbonyl (C=O) groups is 1. The average Bonchev–Trinajstić information content (AvgIpc) is 2.67. The summed E-state index contributed by atoms with van der Waals surface area (Å²) in [7, 11) is 2.14. The smallest absolute Gasteiger partial charge is 0.223 e. The molecule has 1 aliphatic rings. The van der Waals surface area contributed by atoms with Gasteiger partial charge >= 0.3 is 0 Å². The number of hydrogen-bond donors (Lipinski definition) is 0. The van der Waals surface area contributed by atoms with E-state index in [2.05, 4.69) is 72.3 Å². The molecule has 1 fully saturated rings. The van der Waals surface area contributed by atoms with Crippen molar-refractivity contribution in [1.29, 1.82) is 0 Å². The molecule has 1 unspecified atom stereocenters. The van der Waals surface area contributed by atoms with Crippen LogP contribution < -0.4 is 0 Å². The molecule has 1 atom stereocenters. The average molecular weight is 351 g/mol. The molecular weight excluding hydrogens is 320 g/mol. The molecule has 3 heteroatoms. The molecule has 0 radical (unpaired) electrons. The molecule has 1 aliphatic heterocycles. The van der Waals surface area contributed by atoms with E-state index in [0.29, 0.717) is 12.3 Å². The van der Waals surface area contributed by atoms with Crippen LogP contribution in [0.25, 0.3) is 0 Å². The summed E-state index contributed by atoms with van der Waals surface area (Å²) < 4.78 is 0. The monoisotopic (exact) mass is 350 g/mol. The molecule has 0 aliphatic carbocycles. The van der Waals surface area contributed by atoms with Gasteiger partial charge in [0.1, 0.15) is 0 Å². The number of piperazine rings is 1. The van der Waals surface area contributed by atoms with Gasteiger partial charge in [0.25, 0.3) is 0 Å². The lowest BCUT2D eigenvalue weighted by Crippen LogP contribution is -2.49. The number of hydrogen-bond acceptors (Lipinski definition) is 2. The number of likely N-dealkylation sites (N-methyl/N-ethyl adjacent to an activating group) is 1. The van der Waals surface area contributed by atoms with Gasteiger partial charge < -0.3 is 9.80 Å². The number of carbonyl (C=O) groups excluding carboxylic acids is 1. The first kappa shape index (κ1) is 18.7. The molecule has 2 aromatic carbocycles. The maximum Gasteiger partial charge on any atom is 0.223 e. The van der Waals surface area contributed by atoms with Crippen molar-refractivity contribution in [1.82, 2.24) is 9.80 Å². The van der Waals surface area contributed by atoms with E-state index in [-0.39, 0.29) is 6.04 Å². The number of benzene rings is 2. The predicted octanol–water partition coefficient (Wildman–Crippen LogP) is 4.22. The van der Waals surface area contributed by atoms with Crippen LogP contribution in [0.15, 0.2) is 54.6 Å². The fourth-order valence-electron chi connectivity index (χ4n) is 3.68. The van der Waals surface area contributed by atoms with Crippen molar-refractivity contribution in [3.8, 4) is 0 Å². The summed E-state index contributed by atoms with van der Waals surface area (Å²) in [5.41, 5.74) is 3.91. The second kappa shape index (κ2) is 9.00. The molecule has 0 saturated carbocycles. The Morgan fingerprint density at radius 1 is 1.00 bits per heavy atom. The van der Waals surface area contributed by atoms with Crippen molar-refractivity contribution in [2.45, 2.75) is 38.6 Å². The van der Waals surface area contributed by atoms with Crippen LogP contribution in [0.2, 0.25) is 0 Å². The molecule has 0 aromatic heterocycles. The lowest BCUT2D eigenvalue weighted by molar-refractivity contribution is -0.136. The molecule has 0 spiro atoms. The van der Waals surface area contributed by atoms with E-state index >= 15 is 0 Å². The highest BCUT2D eigenvalue weighted by atomic mass is 16.2. The fraction of sp³-hybridized carbons (Fsp3) is 0.435. The molecule has 3 nitrogen and oxygen atoms in total. The van der Waals surface area contributed by atoms with Crippen LogP contribution in [-0.2, 0) is 11.2 Å². The van der Waals surface area contributed by atoms with Gasteiger partial charge in [-0.25, -0.2) is 0 Å². The van der Waals surface area contributed by atoms with Gasteiger partial charge in [0.05, 0.1) is 6.04 Å². The third-order valence-corrected chi connectivity index (χ3v) is 5.31. The standard InChI is InChI=1S/C23H30N2O/c1-19-12-14-20(15-13-19)8-6-7-11-23(26)25-17-16-24(2)18-22(25)21-9-4-3-5-10-21/h3-5,9-10,12-15,22H,6-8,11,16-18H2,1-2H3. The number of amides is 1. The van der Waals surface area contributed by atoms with Crippen molar-refractivity contribution in [2.24, 2.45) is 0 Å². The second-order valence-corrected chi connectivity index (χ2v) is 7.47. The normalized spacial score (nSPS) is 18.1. The lowest BCUT2D eigenvalue weighted by Gasteiger charge is -2.40. The highest BCUT2D eigenvalue weighted by Crippen LogP contribution is 2.26. The number of nitrogens with zero attached hydrogens (tertiary/aromatic N) is 2. The van der Waals surface area contributed by atoms with Gasteiger partial charge in [-0.2, -0.15) is 0 Å². The van der Waals surface area contributed by atoms with Crippen LogP contribution in [0.5, 0.6) is 0 Å². The summed E-state index contributed by atoms with van der Waals surface area (Å²) in [6.45, 7) is 4.81. The first-order valence-electron chi connectivity index (χ1n) is 9.72. The molecule has 138 valence electrons. The van der Waals surface area contributed by atoms with E-state index in [1.54, 1.807) is 0 Å². The highest BCUT2D eigenvalue weighted by molar-refractivity contribution is 5.77. The van der Waals surface area contributed by atoms with Gasteiger partial charge in [-0.1, -0.05) is 60.2 Å². The van der Waals surface area contributed by atoms with E-state index in [9.17, 15) is 4.79 Å². The van der Waals surface area contributed by atoms with E-state index in [1.807, 2.05) is 6.07 Å². The largest absolute Gasteiger partial charge is 0.333 e. The number of unbranched alkanes of at least 4 members (excludes halogenated alkanes) is 1. The van der Waals surface area contributed by atoms with E-state index in [0.717, 1.165) is 38.9 Å². The molecule has 1 amide bonds. The Morgan fingerprint density at radius 2 is 1.73 bits per heavy atom. The first-order chi connectivity index (χ1) is 12.6. The van der Waals surface area contributed by atoms with E-state index in [1.165, 1.54) is 16.7 Å². The Balaban J connectivity index is 1.53. The van der Waals surface area contributed by atoms with Crippen molar-refractivity contribution in [3.63, 3.8) is 0 Å². The van der Waals surface area contributed by atoms with Crippen LogP contribution >= 0.6 is 0 Å². The minimum Gasteiger partial charge on any atom is -0.333 e. The quantitative estimate of drug-likeness (QED) is 0.728. The maximum atomic E-state index is 12.9. The first-order valence-corrected chi connectivity index (χ1v) is 9.72. The van der Waals surface area contributed by atoms with Gasteiger partial charge in [0, 0.05) is 26.1 Å². The van der Waals surface area contributed by atoms with Gasteiger partial charge in [-0.05, 0) is 44.4 Å².